The van der Waals surface area contributed by atoms with Crippen molar-refractivity contribution in [2.75, 3.05) is 32.9 Å². The molecule has 0 rings (SSSR count). The Kier molecular flexibility index (Phi) is 8.60. The molecule has 0 amide bonds. The van der Waals surface area contributed by atoms with Crippen molar-refractivity contribution < 1.29 is 22.6 Å². The molecule has 1 N–H and O–H groups in total. The van der Waals surface area contributed by atoms with Crippen molar-refractivity contribution in [3.8, 4) is 0 Å². The molecule has 0 fully saturated rings. The van der Waals surface area contributed by atoms with Crippen LogP contribution in [0.4, 0.5) is 13.2 Å². The van der Waals surface area contributed by atoms with E-state index in [0.29, 0.717) is 26.1 Å². The van der Waals surface area contributed by atoms with Crippen LogP contribution in [0.2, 0.25) is 0 Å². The molecule has 0 aromatic rings. The summed E-state index contributed by atoms with van der Waals surface area (Å²) in [5.74, 6) is 0. The second kappa shape index (κ2) is 8.78. The van der Waals surface area contributed by atoms with E-state index in [1.54, 1.807) is 0 Å². The summed E-state index contributed by atoms with van der Waals surface area (Å²) in [5, 5.41) is 3.08. The Balaban J connectivity index is 3.16. The summed E-state index contributed by atoms with van der Waals surface area (Å²) >= 11 is 0. The number of hydrogen-bond donors (Lipinski definition) is 1. The van der Waals surface area contributed by atoms with Gasteiger partial charge in [0.1, 0.15) is 6.61 Å². The predicted octanol–water partition coefficient (Wildman–Crippen LogP) is 1.97. The average molecular weight is 243 g/mol. The summed E-state index contributed by atoms with van der Waals surface area (Å²) in [5.41, 5.74) is 0. The summed E-state index contributed by atoms with van der Waals surface area (Å²) in [7, 11) is 0. The summed E-state index contributed by atoms with van der Waals surface area (Å²) in [4.78, 5) is 0. The highest BCUT2D eigenvalue weighted by Crippen LogP contribution is 2.14. The minimum absolute atomic E-state index is 0.121. The number of hydrogen-bond acceptors (Lipinski definition) is 3. The summed E-state index contributed by atoms with van der Waals surface area (Å²) < 4.78 is 44.7. The maximum absolute atomic E-state index is 11.7. The molecule has 98 valence electrons. The second-order valence-electron chi connectivity index (χ2n) is 3.49. The first-order valence-corrected chi connectivity index (χ1v) is 5.42. The highest BCUT2D eigenvalue weighted by atomic mass is 19.4. The van der Waals surface area contributed by atoms with Gasteiger partial charge in [-0.05, 0) is 26.8 Å². The van der Waals surface area contributed by atoms with Crippen LogP contribution in [-0.2, 0) is 9.47 Å². The zero-order chi connectivity index (χ0) is 12.4. The van der Waals surface area contributed by atoms with Crippen LogP contribution >= 0.6 is 0 Å². The van der Waals surface area contributed by atoms with Crippen LogP contribution in [0.3, 0.4) is 0 Å². The molecule has 0 heterocycles. The number of nitrogens with one attached hydrogen (secondary N) is 1. The molecule has 0 aliphatic heterocycles. The zero-order valence-corrected chi connectivity index (χ0v) is 9.77. The number of rotatable bonds is 9. The normalized spacial score (nSPS) is 14.1. The number of halogens is 3. The smallest absolute Gasteiger partial charge is 0.377 e. The first-order valence-electron chi connectivity index (χ1n) is 5.42. The molecule has 0 aliphatic carbocycles. The molecule has 0 saturated carbocycles. The molecule has 6 heteroatoms. The van der Waals surface area contributed by atoms with Crippen molar-refractivity contribution in [1.82, 2.24) is 5.32 Å². The van der Waals surface area contributed by atoms with Crippen molar-refractivity contribution in [2.24, 2.45) is 0 Å². The van der Waals surface area contributed by atoms with Crippen LogP contribution < -0.4 is 5.32 Å². The number of alkyl halides is 3. The van der Waals surface area contributed by atoms with E-state index in [4.69, 9.17) is 4.74 Å². The van der Waals surface area contributed by atoms with Gasteiger partial charge in [0, 0.05) is 19.8 Å². The Morgan fingerprint density at radius 1 is 1.31 bits per heavy atom. The minimum atomic E-state index is -4.23. The van der Waals surface area contributed by atoms with Crippen LogP contribution in [0, 0.1) is 0 Å². The second-order valence-corrected chi connectivity index (χ2v) is 3.49. The fraction of sp³-hybridized carbons (Fsp3) is 1.00. The van der Waals surface area contributed by atoms with Crippen LogP contribution in [0.25, 0.3) is 0 Å². The lowest BCUT2D eigenvalue weighted by atomic mass is 10.3. The summed E-state index contributed by atoms with van der Waals surface area (Å²) in [6, 6.07) is 0. The van der Waals surface area contributed by atoms with Crippen LogP contribution in [-0.4, -0.2) is 45.2 Å². The third-order valence-electron chi connectivity index (χ3n) is 1.79. The molecular formula is C10H20F3NO2. The first kappa shape index (κ1) is 15.7. The van der Waals surface area contributed by atoms with Gasteiger partial charge in [0.05, 0.1) is 6.10 Å². The Labute approximate surface area is 94.3 Å². The van der Waals surface area contributed by atoms with Gasteiger partial charge in [-0.25, -0.2) is 0 Å². The van der Waals surface area contributed by atoms with Crippen molar-refractivity contribution in [1.29, 1.82) is 0 Å². The van der Waals surface area contributed by atoms with Crippen molar-refractivity contribution in [3.05, 3.63) is 0 Å². The van der Waals surface area contributed by atoms with Crippen molar-refractivity contribution in [3.63, 3.8) is 0 Å². The minimum Gasteiger partial charge on any atom is -0.377 e. The van der Waals surface area contributed by atoms with Crippen molar-refractivity contribution >= 4 is 0 Å². The Bertz CT molecular complexity index is 165. The fourth-order valence-corrected chi connectivity index (χ4v) is 1.14. The van der Waals surface area contributed by atoms with Gasteiger partial charge in [-0.1, -0.05) is 0 Å². The molecule has 1 atom stereocenters. The number of ether oxygens (including phenoxy) is 2. The molecule has 0 aromatic carbocycles. The Morgan fingerprint density at radius 3 is 2.56 bits per heavy atom. The highest BCUT2D eigenvalue weighted by Gasteiger charge is 2.27. The average Bonchev–Trinajstić information content (AvgIpc) is 2.15. The molecule has 0 aliphatic rings. The maximum Gasteiger partial charge on any atom is 0.411 e. The van der Waals surface area contributed by atoms with E-state index in [9.17, 15) is 13.2 Å². The molecular weight excluding hydrogens is 223 g/mol. The van der Waals surface area contributed by atoms with Gasteiger partial charge in [0.15, 0.2) is 0 Å². The maximum atomic E-state index is 11.7. The SMILES string of the molecule is CCOC(C)CNCCCOCC(F)(F)F. The first-order chi connectivity index (χ1) is 7.45. The largest absolute Gasteiger partial charge is 0.411 e. The molecule has 1 unspecified atom stereocenters. The summed E-state index contributed by atoms with van der Waals surface area (Å²) in [6.07, 6.45) is -3.53. The highest BCUT2D eigenvalue weighted by molar-refractivity contribution is 4.55. The van der Waals surface area contributed by atoms with E-state index in [0.717, 1.165) is 0 Å². The molecule has 0 aromatic heterocycles. The van der Waals surface area contributed by atoms with Gasteiger partial charge in [-0.3, -0.25) is 0 Å². The van der Waals surface area contributed by atoms with Gasteiger partial charge in [0.25, 0.3) is 0 Å². The Morgan fingerprint density at radius 2 is 2.00 bits per heavy atom. The summed E-state index contributed by atoms with van der Waals surface area (Å²) in [6.45, 7) is 4.82. The molecule has 16 heavy (non-hydrogen) atoms. The molecule has 0 saturated heterocycles. The van der Waals surface area contributed by atoms with Crippen LogP contribution in [0.1, 0.15) is 20.3 Å². The predicted molar refractivity (Wildman–Crippen MR) is 55.4 cm³/mol. The van der Waals surface area contributed by atoms with E-state index < -0.39 is 12.8 Å². The third kappa shape index (κ3) is 11.7. The van der Waals surface area contributed by atoms with E-state index in [1.165, 1.54) is 0 Å². The van der Waals surface area contributed by atoms with Gasteiger partial charge < -0.3 is 14.8 Å². The fourth-order valence-electron chi connectivity index (χ4n) is 1.14. The van der Waals surface area contributed by atoms with Crippen molar-refractivity contribution in [2.45, 2.75) is 32.5 Å². The van der Waals surface area contributed by atoms with Crippen LogP contribution in [0.15, 0.2) is 0 Å². The van der Waals surface area contributed by atoms with Crippen LogP contribution in [0.5, 0.6) is 0 Å². The molecule has 0 spiro atoms. The lowest BCUT2D eigenvalue weighted by molar-refractivity contribution is -0.173. The third-order valence-corrected chi connectivity index (χ3v) is 1.79. The van der Waals surface area contributed by atoms with E-state index >= 15 is 0 Å². The molecule has 0 radical (unpaired) electrons. The lowest BCUT2D eigenvalue weighted by Gasteiger charge is -2.12. The van der Waals surface area contributed by atoms with Gasteiger partial charge in [-0.2, -0.15) is 13.2 Å². The lowest BCUT2D eigenvalue weighted by Crippen LogP contribution is -2.28. The quantitative estimate of drug-likeness (QED) is 0.628. The monoisotopic (exact) mass is 243 g/mol. The van der Waals surface area contributed by atoms with E-state index in [-0.39, 0.29) is 12.7 Å². The zero-order valence-electron chi connectivity index (χ0n) is 9.77. The Hall–Kier alpha value is -0.330. The standard InChI is InChI=1S/C10H20F3NO2/c1-3-16-9(2)7-14-5-4-6-15-8-10(11,12)13/h9,14H,3-8H2,1-2H3. The van der Waals surface area contributed by atoms with E-state index in [1.807, 2.05) is 13.8 Å². The van der Waals surface area contributed by atoms with Gasteiger partial charge in [0.2, 0.25) is 0 Å². The topological polar surface area (TPSA) is 30.5 Å². The van der Waals surface area contributed by atoms with Gasteiger partial charge >= 0.3 is 6.18 Å². The van der Waals surface area contributed by atoms with Gasteiger partial charge in [-0.15, -0.1) is 0 Å². The molecule has 3 nitrogen and oxygen atoms in total. The molecule has 0 bridgehead atoms. The van der Waals surface area contributed by atoms with E-state index in [2.05, 4.69) is 10.1 Å².